The summed E-state index contributed by atoms with van der Waals surface area (Å²) in [5.74, 6) is 0. The maximum atomic E-state index is 5.21. The molecular formula is C8H12N2OS. The van der Waals surface area contributed by atoms with Crippen LogP contribution in [-0.2, 0) is 4.74 Å². The smallest absolute Gasteiger partial charge is 0.147 e. The number of ether oxygens (including phenoxy) is 1. The molecule has 0 saturated heterocycles. The van der Waals surface area contributed by atoms with Crippen molar-refractivity contribution in [1.82, 2.24) is 10.3 Å². The second-order valence-electron chi connectivity index (χ2n) is 2.36. The van der Waals surface area contributed by atoms with Gasteiger partial charge in [0.1, 0.15) is 11.1 Å². The summed E-state index contributed by atoms with van der Waals surface area (Å²) < 4.78 is 5.21. The summed E-state index contributed by atoms with van der Waals surface area (Å²) in [7, 11) is 3.42. The molecule has 0 amide bonds. The average molecular weight is 184 g/mol. The Morgan fingerprint density at radius 1 is 1.75 bits per heavy atom. The molecular weight excluding hydrogens is 172 g/mol. The van der Waals surface area contributed by atoms with Crippen LogP contribution in [0.3, 0.4) is 0 Å². The molecule has 66 valence electrons. The number of methoxy groups -OCH3 is 1. The van der Waals surface area contributed by atoms with E-state index in [-0.39, 0.29) is 6.10 Å². The Hall–Kier alpha value is -0.870. The zero-order valence-corrected chi connectivity index (χ0v) is 7.94. The molecule has 0 spiro atoms. The predicted molar refractivity (Wildman–Crippen MR) is 52.2 cm³/mol. The number of thiocarbonyl (C=S) groups is 1. The molecule has 1 unspecified atom stereocenters. The van der Waals surface area contributed by atoms with Gasteiger partial charge in [0.05, 0.1) is 5.69 Å². The van der Waals surface area contributed by atoms with Crippen molar-refractivity contribution in [3.05, 3.63) is 24.0 Å². The first-order valence-electron chi connectivity index (χ1n) is 3.67. The summed E-state index contributed by atoms with van der Waals surface area (Å²) in [5, 5.41) is 2.89. The van der Waals surface area contributed by atoms with Crippen molar-refractivity contribution in [3.8, 4) is 0 Å². The molecule has 1 rings (SSSR count). The van der Waals surface area contributed by atoms with Crippen LogP contribution in [0.5, 0.6) is 0 Å². The van der Waals surface area contributed by atoms with E-state index in [1.807, 2.05) is 18.3 Å². The highest BCUT2D eigenvalue weighted by Crippen LogP contribution is 2.14. The lowest BCUT2D eigenvalue weighted by atomic mass is 10.2. The average Bonchev–Trinajstić information content (AvgIpc) is 2.58. The minimum atomic E-state index is -0.167. The lowest BCUT2D eigenvalue weighted by molar-refractivity contribution is 0.154. The highest BCUT2D eigenvalue weighted by atomic mass is 32.1. The molecule has 0 aromatic carbocycles. The lowest BCUT2D eigenvalue weighted by Gasteiger charge is -2.14. The molecule has 3 nitrogen and oxygen atoms in total. The molecule has 12 heavy (non-hydrogen) atoms. The normalized spacial score (nSPS) is 12.5. The fourth-order valence-electron chi connectivity index (χ4n) is 1.01. The Morgan fingerprint density at radius 3 is 2.92 bits per heavy atom. The van der Waals surface area contributed by atoms with Crippen LogP contribution >= 0.6 is 12.2 Å². The molecule has 0 aliphatic heterocycles. The van der Waals surface area contributed by atoms with Crippen LogP contribution in [0.4, 0.5) is 0 Å². The molecule has 0 bridgehead atoms. The van der Waals surface area contributed by atoms with Crippen LogP contribution in [0.15, 0.2) is 18.3 Å². The number of nitrogens with one attached hydrogen (secondary N) is 2. The summed E-state index contributed by atoms with van der Waals surface area (Å²) in [5.41, 5.74) is 0.969. The van der Waals surface area contributed by atoms with Crippen LogP contribution in [0.25, 0.3) is 0 Å². The Morgan fingerprint density at radius 2 is 2.50 bits per heavy atom. The van der Waals surface area contributed by atoms with Gasteiger partial charge in [0.2, 0.25) is 0 Å². The Bertz CT molecular complexity index is 246. The van der Waals surface area contributed by atoms with E-state index in [0.717, 1.165) is 5.69 Å². The van der Waals surface area contributed by atoms with E-state index < -0.39 is 0 Å². The molecule has 0 aliphatic carbocycles. The Labute approximate surface area is 77.1 Å². The van der Waals surface area contributed by atoms with E-state index in [2.05, 4.69) is 10.3 Å². The third-order valence-corrected chi connectivity index (χ3v) is 2.04. The van der Waals surface area contributed by atoms with Crippen LogP contribution in [0.2, 0.25) is 0 Å². The number of H-pyrrole nitrogens is 1. The van der Waals surface area contributed by atoms with E-state index in [0.29, 0.717) is 4.99 Å². The largest absolute Gasteiger partial charge is 0.380 e. The molecule has 2 N–H and O–H groups in total. The first-order valence-corrected chi connectivity index (χ1v) is 4.08. The maximum absolute atomic E-state index is 5.21. The van der Waals surface area contributed by atoms with Gasteiger partial charge in [-0.05, 0) is 12.1 Å². The van der Waals surface area contributed by atoms with Gasteiger partial charge in [-0.3, -0.25) is 0 Å². The van der Waals surface area contributed by atoms with Crippen molar-refractivity contribution in [1.29, 1.82) is 0 Å². The van der Waals surface area contributed by atoms with Crippen LogP contribution in [0, 0.1) is 0 Å². The molecule has 0 radical (unpaired) electrons. The molecule has 0 fully saturated rings. The maximum Gasteiger partial charge on any atom is 0.147 e. The zero-order valence-electron chi connectivity index (χ0n) is 7.13. The standard InChI is InChI=1S/C8H12N2OS/c1-9-8(12)7(11-2)6-4-3-5-10-6/h3-5,7,10H,1-2H3,(H,9,12). The summed E-state index contributed by atoms with van der Waals surface area (Å²) in [6.45, 7) is 0. The second-order valence-corrected chi connectivity index (χ2v) is 2.80. The van der Waals surface area contributed by atoms with Gasteiger partial charge in [-0.15, -0.1) is 0 Å². The molecule has 1 atom stereocenters. The molecule has 0 saturated carbocycles. The van der Waals surface area contributed by atoms with Crippen LogP contribution in [-0.4, -0.2) is 24.1 Å². The summed E-state index contributed by atoms with van der Waals surface area (Å²) in [6, 6.07) is 3.86. The number of hydrogen-bond acceptors (Lipinski definition) is 2. The number of aromatic nitrogens is 1. The monoisotopic (exact) mass is 184 g/mol. The number of rotatable bonds is 3. The van der Waals surface area contributed by atoms with E-state index >= 15 is 0 Å². The number of likely N-dealkylation sites (N-methyl/N-ethyl adjacent to an activating group) is 1. The quantitative estimate of drug-likeness (QED) is 0.694. The second kappa shape index (κ2) is 4.23. The van der Waals surface area contributed by atoms with Gasteiger partial charge in [-0.25, -0.2) is 0 Å². The van der Waals surface area contributed by atoms with Crippen molar-refractivity contribution < 1.29 is 4.74 Å². The van der Waals surface area contributed by atoms with Crippen molar-refractivity contribution in [2.45, 2.75) is 6.10 Å². The Balaban J connectivity index is 2.76. The van der Waals surface area contributed by atoms with E-state index in [1.54, 1.807) is 14.2 Å². The highest BCUT2D eigenvalue weighted by molar-refractivity contribution is 7.80. The first kappa shape index (κ1) is 9.22. The SMILES string of the molecule is CNC(=S)C(OC)c1ccc[nH]1. The van der Waals surface area contributed by atoms with Gasteiger partial charge in [-0.2, -0.15) is 0 Å². The summed E-state index contributed by atoms with van der Waals surface area (Å²) in [4.78, 5) is 3.73. The van der Waals surface area contributed by atoms with E-state index in [9.17, 15) is 0 Å². The fraction of sp³-hybridized carbons (Fsp3) is 0.375. The van der Waals surface area contributed by atoms with Crippen LogP contribution in [0.1, 0.15) is 11.8 Å². The van der Waals surface area contributed by atoms with Crippen molar-refractivity contribution in [2.24, 2.45) is 0 Å². The Kier molecular flexibility index (Phi) is 3.25. The molecule has 1 heterocycles. The zero-order chi connectivity index (χ0) is 8.97. The number of aromatic amines is 1. The van der Waals surface area contributed by atoms with Gasteiger partial charge in [0.25, 0.3) is 0 Å². The van der Waals surface area contributed by atoms with Crippen molar-refractivity contribution in [3.63, 3.8) is 0 Å². The van der Waals surface area contributed by atoms with Gasteiger partial charge in [-0.1, -0.05) is 12.2 Å². The summed E-state index contributed by atoms with van der Waals surface area (Å²) in [6.07, 6.45) is 1.68. The third-order valence-electron chi connectivity index (χ3n) is 1.62. The van der Waals surface area contributed by atoms with Gasteiger partial charge in [0.15, 0.2) is 0 Å². The molecule has 0 aliphatic rings. The number of hydrogen-bond donors (Lipinski definition) is 2. The molecule has 4 heteroatoms. The van der Waals surface area contributed by atoms with Crippen molar-refractivity contribution in [2.75, 3.05) is 14.2 Å². The van der Waals surface area contributed by atoms with Gasteiger partial charge < -0.3 is 15.0 Å². The van der Waals surface area contributed by atoms with Crippen molar-refractivity contribution >= 4 is 17.2 Å². The van der Waals surface area contributed by atoms with Crippen LogP contribution < -0.4 is 5.32 Å². The molecule has 1 aromatic rings. The van der Waals surface area contributed by atoms with Gasteiger partial charge >= 0.3 is 0 Å². The van der Waals surface area contributed by atoms with E-state index in [1.165, 1.54) is 0 Å². The van der Waals surface area contributed by atoms with Gasteiger partial charge in [0, 0.05) is 20.4 Å². The minimum Gasteiger partial charge on any atom is -0.380 e. The fourth-order valence-corrected chi connectivity index (χ4v) is 1.24. The predicted octanol–water partition coefficient (Wildman–Crippen LogP) is 1.25. The third kappa shape index (κ3) is 1.84. The summed E-state index contributed by atoms with van der Waals surface area (Å²) >= 11 is 5.07. The van der Waals surface area contributed by atoms with E-state index in [4.69, 9.17) is 17.0 Å². The minimum absolute atomic E-state index is 0.167. The lowest BCUT2D eigenvalue weighted by Crippen LogP contribution is -2.25. The topological polar surface area (TPSA) is 37.0 Å². The molecule has 1 aromatic heterocycles. The first-order chi connectivity index (χ1) is 5.79. The highest BCUT2D eigenvalue weighted by Gasteiger charge is 2.14.